The first-order chi connectivity index (χ1) is 10.5. The number of benzene rings is 1. The molecule has 122 valence electrons. The molecule has 4 nitrogen and oxygen atoms in total. The normalized spacial score (nSPS) is 39.3. The van der Waals surface area contributed by atoms with Crippen molar-refractivity contribution in [3.05, 3.63) is 47.6 Å². The van der Waals surface area contributed by atoms with E-state index in [2.05, 4.69) is 18.5 Å². The number of phenols is 1. The van der Waals surface area contributed by atoms with E-state index in [-0.39, 0.29) is 30.3 Å². The van der Waals surface area contributed by atoms with E-state index < -0.39 is 11.0 Å². The van der Waals surface area contributed by atoms with Crippen LogP contribution in [0.3, 0.4) is 0 Å². The van der Waals surface area contributed by atoms with Gasteiger partial charge in [0.15, 0.2) is 11.5 Å². The summed E-state index contributed by atoms with van der Waals surface area (Å²) in [5.74, 6) is 0.692. The molecule has 1 saturated carbocycles. The molecule has 5 rings (SSSR count). The van der Waals surface area contributed by atoms with E-state index in [1.165, 1.54) is 0 Å². The van der Waals surface area contributed by atoms with Crippen molar-refractivity contribution in [3.8, 4) is 11.5 Å². The number of rotatable bonds is 0. The van der Waals surface area contributed by atoms with E-state index in [1.54, 1.807) is 6.07 Å². The van der Waals surface area contributed by atoms with E-state index >= 15 is 0 Å². The minimum atomic E-state index is -0.930. The molecule has 4 atom stereocenters. The second-order valence-electron chi connectivity index (χ2n) is 7.11. The lowest BCUT2D eigenvalue weighted by molar-refractivity contribution is -0.125. The van der Waals surface area contributed by atoms with Crippen LogP contribution in [0.1, 0.15) is 24.0 Å². The summed E-state index contributed by atoms with van der Waals surface area (Å²) >= 11 is 0. The third kappa shape index (κ3) is 1.41. The fourth-order valence-corrected chi connectivity index (χ4v) is 5.31. The lowest BCUT2D eigenvalue weighted by atomic mass is 9.48. The van der Waals surface area contributed by atoms with Crippen LogP contribution >= 0.6 is 12.4 Å². The van der Waals surface area contributed by atoms with E-state index in [9.17, 15) is 10.2 Å². The van der Waals surface area contributed by atoms with Gasteiger partial charge in [-0.1, -0.05) is 19.2 Å². The van der Waals surface area contributed by atoms with Crippen molar-refractivity contribution in [1.29, 1.82) is 0 Å². The Hall–Kier alpha value is -1.49. The molecule has 23 heavy (non-hydrogen) atoms. The van der Waals surface area contributed by atoms with Crippen LogP contribution in [-0.4, -0.2) is 34.5 Å². The largest absolute Gasteiger partial charge is 0.504 e. The number of piperidine rings is 1. The summed E-state index contributed by atoms with van der Waals surface area (Å²) in [6, 6.07) is 3.65. The minimum absolute atomic E-state index is 0. The molecule has 1 aromatic rings. The highest BCUT2D eigenvalue weighted by Crippen LogP contribution is 2.65. The molecular weight excluding hydrogens is 314 g/mol. The molecular formula is C18H20ClNO3. The van der Waals surface area contributed by atoms with E-state index in [4.69, 9.17) is 4.74 Å². The summed E-state index contributed by atoms with van der Waals surface area (Å²) in [6.07, 6.45) is 1.71. The molecule has 0 radical (unpaired) electrons. The summed E-state index contributed by atoms with van der Waals surface area (Å²) in [5.41, 5.74) is 2.44. The SMILES string of the molecule is C=C1C[C@@]2(O)[C@H]3Cc4ccc(O)c5c4[C@@]2(CCN3)C(O5)C1=C.Cl. The third-order valence-corrected chi connectivity index (χ3v) is 6.29. The summed E-state index contributed by atoms with van der Waals surface area (Å²) in [6.45, 7) is 9.11. The maximum absolute atomic E-state index is 11.7. The van der Waals surface area contributed by atoms with Gasteiger partial charge in [0.25, 0.3) is 0 Å². The standard InChI is InChI=1S/C18H19NO3.ClH/c1-9-8-18(21)13-7-11-3-4-12(20)15-14(11)17(18,5-6-19-13)16(22-15)10(9)2;/h3-4,13,16,19-21H,1-2,5-8H2;1H/t13-,16?,17+,18-;/m1./s1. The van der Waals surface area contributed by atoms with Gasteiger partial charge in [0.1, 0.15) is 6.10 Å². The molecule has 3 N–H and O–H groups in total. The number of aromatic hydroxyl groups is 1. The number of hydrogen-bond donors (Lipinski definition) is 3. The number of ether oxygens (including phenoxy) is 1. The van der Waals surface area contributed by atoms with Gasteiger partial charge in [0.2, 0.25) is 0 Å². The molecule has 1 aromatic carbocycles. The molecule has 2 bridgehead atoms. The summed E-state index contributed by atoms with van der Waals surface area (Å²) in [5, 5.41) is 25.4. The highest BCUT2D eigenvalue weighted by atomic mass is 35.5. The second kappa shape index (κ2) is 4.32. The summed E-state index contributed by atoms with van der Waals surface area (Å²) in [7, 11) is 0. The van der Waals surface area contributed by atoms with Gasteiger partial charge in [-0.2, -0.15) is 0 Å². The quantitative estimate of drug-likeness (QED) is 0.679. The Morgan fingerprint density at radius 2 is 2.09 bits per heavy atom. The van der Waals surface area contributed by atoms with Gasteiger partial charge in [0, 0.05) is 18.0 Å². The zero-order valence-corrected chi connectivity index (χ0v) is 13.6. The molecule has 2 heterocycles. The lowest BCUT2D eigenvalue weighted by Crippen LogP contribution is -2.75. The average molecular weight is 334 g/mol. The topological polar surface area (TPSA) is 61.7 Å². The van der Waals surface area contributed by atoms with Crippen LogP contribution < -0.4 is 10.1 Å². The lowest BCUT2D eigenvalue weighted by Gasteiger charge is -2.60. The van der Waals surface area contributed by atoms with E-state index in [1.807, 2.05) is 6.07 Å². The Bertz CT molecular complexity index is 761. The van der Waals surface area contributed by atoms with E-state index in [0.29, 0.717) is 12.2 Å². The highest BCUT2D eigenvalue weighted by molar-refractivity contribution is 5.85. The van der Waals surface area contributed by atoms with Crippen LogP contribution in [0, 0.1) is 0 Å². The summed E-state index contributed by atoms with van der Waals surface area (Å²) < 4.78 is 6.16. The van der Waals surface area contributed by atoms with Crippen molar-refractivity contribution in [1.82, 2.24) is 5.32 Å². The van der Waals surface area contributed by atoms with Gasteiger partial charge in [-0.05, 0) is 42.2 Å². The Balaban J connectivity index is 0.00000135. The van der Waals surface area contributed by atoms with Crippen LogP contribution in [0.25, 0.3) is 0 Å². The molecule has 2 fully saturated rings. The number of halogens is 1. The predicted octanol–water partition coefficient (Wildman–Crippen LogP) is 1.98. The highest BCUT2D eigenvalue weighted by Gasteiger charge is 2.71. The van der Waals surface area contributed by atoms with Gasteiger partial charge in [-0.3, -0.25) is 0 Å². The van der Waals surface area contributed by atoms with Crippen molar-refractivity contribution in [2.45, 2.75) is 42.4 Å². The van der Waals surface area contributed by atoms with E-state index in [0.717, 1.165) is 41.7 Å². The number of phenolic OH excluding ortho intramolecular Hbond substituents is 1. The molecule has 0 amide bonds. The van der Waals surface area contributed by atoms with Crippen LogP contribution in [0.15, 0.2) is 36.4 Å². The first kappa shape index (κ1) is 15.1. The van der Waals surface area contributed by atoms with Gasteiger partial charge in [-0.25, -0.2) is 0 Å². The van der Waals surface area contributed by atoms with Crippen molar-refractivity contribution in [2.75, 3.05) is 6.54 Å². The molecule has 2 aliphatic carbocycles. The van der Waals surface area contributed by atoms with Crippen LogP contribution in [0.5, 0.6) is 11.5 Å². The smallest absolute Gasteiger partial charge is 0.166 e. The molecule has 2 aliphatic heterocycles. The zero-order valence-electron chi connectivity index (χ0n) is 12.8. The Morgan fingerprint density at radius 1 is 1.30 bits per heavy atom. The number of aliphatic hydroxyl groups is 1. The predicted molar refractivity (Wildman–Crippen MR) is 89.4 cm³/mol. The Labute approximate surface area is 141 Å². The van der Waals surface area contributed by atoms with Gasteiger partial charge < -0.3 is 20.3 Å². The Kier molecular flexibility index (Phi) is 2.83. The minimum Gasteiger partial charge on any atom is -0.504 e. The van der Waals surface area contributed by atoms with Crippen molar-refractivity contribution in [3.63, 3.8) is 0 Å². The van der Waals surface area contributed by atoms with Crippen molar-refractivity contribution in [2.24, 2.45) is 0 Å². The first-order valence-electron chi connectivity index (χ1n) is 7.84. The molecule has 1 saturated heterocycles. The summed E-state index contributed by atoms with van der Waals surface area (Å²) in [4.78, 5) is 0. The molecule has 0 aromatic heterocycles. The van der Waals surface area contributed by atoms with Crippen LogP contribution in [0.4, 0.5) is 0 Å². The number of hydrogen-bond acceptors (Lipinski definition) is 4. The van der Waals surface area contributed by atoms with Crippen LogP contribution in [0.2, 0.25) is 0 Å². The monoisotopic (exact) mass is 333 g/mol. The fraction of sp³-hybridized carbons (Fsp3) is 0.444. The van der Waals surface area contributed by atoms with Gasteiger partial charge in [-0.15, -0.1) is 12.4 Å². The maximum atomic E-state index is 11.7. The molecule has 1 unspecified atom stereocenters. The zero-order chi connectivity index (χ0) is 15.3. The third-order valence-electron chi connectivity index (χ3n) is 6.29. The van der Waals surface area contributed by atoms with Crippen LogP contribution in [-0.2, 0) is 11.8 Å². The van der Waals surface area contributed by atoms with Gasteiger partial charge >= 0.3 is 0 Å². The second-order valence-corrected chi connectivity index (χ2v) is 7.11. The van der Waals surface area contributed by atoms with Crippen molar-refractivity contribution >= 4 is 12.4 Å². The molecule has 4 aliphatic rings. The molecule has 1 spiro atoms. The number of nitrogens with one attached hydrogen (secondary N) is 1. The molecule has 5 heteroatoms. The van der Waals surface area contributed by atoms with Crippen molar-refractivity contribution < 1.29 is 14.9 Å². The first-order valence-corrected chi connectivity index (χ1v) is 7.84. The van der Waals surface area contributed by atoms with Gasteiger partial charge in [0.05, 0.1) is 11.0 Å². The average Bonchev–Trinajstić information content (AvgIpc) is 2.81. The maximum Gasteiger partial charge on any atom is 0.166 e. The fourth-order valence-electron chi connectivity index (χ4n) is 5.31. The Morgan fingerprint density at radius 3 is 2.87 bits per heavy atom.